The maximum atomic E-state index is 12.9. The summed E-state index contributed by atoms with van der Waals surface area (Å²) in [5.74, 6) is 0.266. The molecule has 0 aromatic carbocycles. The normalized spacial score (nSPS) is 26.9. The highest BCUT2D eigenvalue weighted by atomic mass is 16.5. The molecule has 5 nitrogen and oxygen atoms in total. The zero-order valence-electron chi connectivity index (χ0n) is 12.2. The molecule has 0 aromatic heterocycles. The second-order valence-corrected chi connectivity index (χ2v) is 6.15. The Labute approximate surface area is 116 Å². The van der Waals surface area contributed by atoms with Crippen LogP contribution in [0.25, 0.3) is 0 Å². The number of rotatable bonds is 4. The Morgan fingerprint density at radius 3 is 2.68 bits per heavy atom. The second kappa shape index (κ2) is 6.20. The third kappa shape index (κ3) is 3.09. The summed E-state index contributed by atoms with van der Waals surface area (Å²) >= 11 is 0. The number of ether oxygens (including phenoxy) is 1. The van der Waals surface area contributed by atoms with E-state index in [1.165, 1.54) is 0 Å². The molecular formula is C14H27N3O2. The van der Waals surface area contributed by atoms with E-state index < -0.39 is 0 Å². The van der Waals surface area contributed by atoms with Gasteiger partial charge in [0.1, 0.15) is 0 Å². The van der Waals surface area contributed by atoms with Gasteiger partial charge in [-0.3, -0.25) is 4.79 Å². The van der Waals surface area contributed by atoms with E-state index in [4.69, 9.17) is 10.5 Å². The average Bonchev–Trinajstić information content (AvgIpc) is 2.85. The van der Waals surface area contributed by atoms with Crippen LogP contribution in [-0.4, -0.2) is 68.7 Å². The molecule has 1 unspecified atom stereocenters. The van der Waals surface area contributed by atoms with Gasteiger partial charge in [-0.25, -0.2) is 0 Å². The van der Waals surface area contributed by atoms with Crippen molar-refractivity contribution in [3.05, 3.63) is 0 Å². The lowest BCUT2D eigenvalue weighted by Crippen LogP contribution is -2.53. The molecule has 2 aliphatic rings. The Morgan fingerprint density at radius 2 is 2.11 bits per heavy atom. The number of carbonyl (C=O) groups is 1. The first-order valence-electron chi connectivity index (χ1n) is 7.33. The third-order valence-corrected chi connectivity index (χ3v) is 4.51. The molecule has 1 atom stereocenters. The van der Waals surface area contributed by atoms with Crippen LogP contribution < -0.4 is 5.73 Å². The minimum Gasteiger partial charge on any atom is -0.381 e. The molecule has 2 fully saturated rings. The Balaban J connectivity index is 2.08. The maximum absolute atomic E-state index is 12.9. The summed E-state index contributed by atoms with van der Waals surface area (Å²) in [6.07, 6.45) is 3.77. The Hall–Kier alpha value is -0.650. The largest absolute Gasteiger partial charge is 0.381 e. The number of likely N-dealkylation sites (N-methyl/N-ethyl adjacent to an activating group) is 1. The van der Waals surface area contributed by atoms with Crippen molar-refractivity contribution in [2.24, 2.45) is 11.1 Å². The van der Waals surface area contributed by atoms with Gasteiger partial charge >= 0.3 is 0 Å². The first-order valence-corrected chi connectivity index (χ1v) is 7.33. The van der Waals surface area contributed by atoms with Gasteiger partial charge in [-0.15, -0.1) is 0 Å². The fourth-order valence-electron chi connectivity index (χ4n) is 3.29. The summed E-state index contributed by atoms with van der Waals surface area (Å²) in [6, 6.07) is 0.355. The number of amides is 1. The van der Waals surface area contributed by atoms with Crippen molar-refractivity contribution in [3.8, 4) is 0 Å². The number of carbonyl (C=O) groups excluding carboxylic acids is 1. The Kier molecular flexibility index (Phi) is 4.81. The Bertz CT molecular complexity index is 314. The first kappa shape index (κ1) is 14.8. The summed E-state index contributed by atoms with van der Waals surface area (Å²) in [6.45, 7) is 3.60. The van der Waals surface area contributed by atoms with Gasteiger partial charge in [-0.05, 0) is 39.8 Å². The monoisotopic (exact) mass is 269 g/mol. The fraction of sp³-hybridized carbons (Fsp3) is 0.929. The highest BCUT2D eigenvalue weighted by Gasteiger charge is 2.44. The molecule has 2 saturated heterocycles. The van der Waals surface area contributed by atoms with Crippen molar-refractivity contribution in [3.63, 3.8) is 0 Å². The molecule has 110 valence electrons. The van der Waals surface area contributed by atoms with E-state index in [2.05, 4.69) is 23.9 Å². The minimum atomic E-state index is -0.368. The average molecular weight is 269 g/mol. The van der Waals surface area contributed by atoms with Crippen LogP contribution in [0.3, 0.4) is 0 Å². The van der Waals surface area contributed by atoms with Gasteiger partial charge in [0.25, 0.3) is 0 Å². The molecule has 0 aromatic rings. The SMILES string of the molecule is CN(C)CC1CCCN1C(=O)C1(CN)CCOCC1. The number of nitrogens with two attached hydrogens (primary N) is 1. The van der Waals surface area contributed by atoms with Crippen molar-refractivity contribution in [1.29, 1.82) is 0 Å². The lowest BCUT2D eigenvalue weighted by Gasteiger charge is -2.40. The molecule has 1 amide bonds. The molecular weight excluding hydrogens is 242 g/mol. The van der Waals surface area contributed by atoms with Crippen LogP contribution in [0.4, 0.5) is 0 Å². The molecule has 2 aliphatic heterocycles. The predicted octanol–water partition coefficient (Wildman–Crippen LogP) is 0.295. The van der Waals surface area contributed by atoms with Crippen molar-refractivity contribution in [2.75, 3.05) is 46.9 Å². The Morgan fingerprint density at radius 1 is 1.42 bits per heavy atom. The highest BCUT2D eigenvalue weighted by Crippen LogP contribution is 2.34. The summed E-state index contributed by atoms with van der Waals surface area (Å²) < 4.78 is 5.40. The molecule has 19 heavy (non-hydrogen) atoms. The van der Waals surface area contributed by atoms with E-state index in [0.29, 0.717) is 25.8 Å². The van der Waals surface area contributed by atoms with E-state index in [1.807, 2.05) is 0 Å². The smallest absolute Gasteiger partial charge is 0.230 e. The van der Waals surface area contributed by atoms with Gasteiger partial charge in [0.2, 0.25) is 5.91 Å². The van der Waals surface area contributed by atoms with Crippen molar-refractivity contribution < 1.29 is 9.53 Å². The van der Waals surface area contributed by atoms with Gasteiger partial charge in [0.15, 0.2) is 0 Å². The van der Waals surface area contributed by atoms with Crippen molar-refractivity contribution in [2.45, 2.75) is 31.7 Å². The van der Waals surface area contributed by atoms with Gasteiger partial charge in [0, 0.05) is 38.9 Å². The molecule has 2 rings (SSSR count). The van der Waals surface area contributed by atoms with Crippen LogP contribution in [0.2, 0.25) is 0 Å². The van der Waals surface area contributed by atoms with Crippen LogP contribution in [0, 0.1) is 5.41 Å². The van der Waals surface area contributed by atoms with Crippen molar-refractivity contribution in [1.82, 2.24) is 9.80 Å². The molecule has 2 N–H and O–H groups in total. The first-order chi connectivity index (χ1) is 9.09. The zero-order chi connectivity index (χ0) is 13.9. The quantitative estimate of drug-likeness (QED) is 0.797. The number of likely N-dealkylation sites (tertiary alicyclic amines) is 1. The molecule has 2 heterocycles. The summed E-state index contributed by atoms with van der Waals surface area (Å²) in [7, 11) is 4.13. The van der Waals surface area contributed by atoms with Crippen LogP contribution in [0.1, 0.15) is 25.7 Å². The van der Waals surface area contributed by atoms with Gasteiger partial charge in [-0.2, -0.15) is 0 Å². The lowest BCUT2D eigenvalue weighted by atomic mass is 9.78. The molecule has 0 spiro atoms. The summed E-state index contributed by atoms with van der Waals surface area (Å²) in [5, 5.41) is 0. The summed E-state index contributed by atoms with van der Waals surface area (Å²) in [5.41, 5.74) is 5.57. The number of nitrogens with zero attached hydrogens (tertiary/aromatic N) is 2. The van der Waals surface area contributed by atoms with Crippen LogP contribution in [0.5, 0.6) is 0 Å². The highest BCUT2D eigenvalue weighted by molar-refractivity contribution is 5.83. The van der Waals surface area contributed by atoms with E-state index in [9.17, 15) is 4.79 Å². The topological polar surface area (TPSA) is 58.8 Å². The number of hydrogen-bond donors (Lipinski definition) is 1. The lowest BCUT2D eigenvalue weighted by molar-refractivity contribution is -0.148. The van der Waals surface area contributed by atoms with E-state index in [1.54, 1.807) is 0 Å². The van der Waals surface area contributed by atoms with Gasteiger partial charge in [0.05, 0.1) is 5.41 Å². The van der Waals surface area contributed by atoms with E-state index in [-0.39, 0.29) is 11.3 Å². The van der Waals surface area contributed by atoms with E-state index in [0.717, 1.165) is 38.8 Å². The molecule has 5 heteroatoms. The fourth-order valence-corrected chi connectivity index (χ4v) is 3.29. The number of hydrogen-bond acceptors (Lipinski definition) is 4. The van der Waals surface area contributed by atoms with Gasteiger partial charge < -0.3 is 20.3 Å². The maximum Gasteiger partial charge on any atom is 0.230 e. The van der Waals surface area contributed by atoms with Crippen LogP contribution in [-0.2, 0) is 9.53 Å². The second-order valence-electron chi connectivity index (χ2n) is 6.15. The standard InChI is InChI=1S/C14H27N3O2/c1-16(2)10-12-4-3-7-17(12)13(18)14(11-15)5-8-19-9-6-14/h12H,3-11,15H2,1-2H3. The molecule has 0 saturated carbocycles. The summed E-state index contributed by atoms with van der Waals surface area (Å²) in [4.78, 5) is 17.2. The van der Waals surface area contributed by atoms with Gasteiger partial charge in [-0.1, -0.05) is 0 Å². The molecule has 0 bridgehead atoms. The van der Waals surface area contributed by atoms with Crippen LogP contribution in [0.15, 0.2) is 0 Å². The third-order valence-electron chi connectivity index (χ3n) is 4.51. The molecule has 0 radical (unpaired) electrons. The predicted molar refractivity (Wildman–Crippen MR) is 74.8 cm³/mol. The zero-order valence-corrected chi connectivity index (χ0v) is 12.2. The van der Waals surface area contributed by atoms with Crippen molar-refractivity contribution >= 4 is 5.91 Å². The van der Waals surface area contributed by atoms with Crippen LogP contribution >= 0.6 is 0 Å². The molecule has 0 aliphatic carbocycles. The minimum absolute atomic E-state index is 0.266. The van der Waals surface area contributed by atoms with E-state index >= 15 is 0 Å².